The van der Waals surface area contributed by atoms with Gasteiger partial charge in [0.15, 0.2) is 0 Å². The van der Waals surface area contributed by atoms with E-state index < -0.39 is 11.9 Å². The molecular weight excluding hydrogens is 320 g/mol. The molecule has 0 aliphatic carbocycles. The molecule has 2 heterocycles. The molecule has 2 rings (SSSR count). The Morgan fingerprint density at radius 2 is 2.16 bits per heavy atom. The molecule has 2 N–H and O–H groups in total. The summed E-state index contributed by atoms with van der Waals surface area (Å²) in [6.45, 7) is 3.30. The van der Waals surface area contributed by atoms with Gasteiger partial charge in [-0.1, -0.05) is 18.9 Å². The highest BCUT2D eigenvalue weighted by molar-refractivity contribution is 5.98. The standard InChI is InChI=1S/C19H24N2O4/c1-3-4-5-9-21-12-14(16(19(24)25)11-18(22)23)10-15(13-21)17-7-6-8-20(17)2/h10-11,13,17H,3-4,6-8,12H2,1-2H3,(H,22,23)(H,24,25)/b16-11-. The van der Waals surface area contributed by atoms with Crippen LogP contribution in [0.25, 0.3) is 0 Å². The summed E-state index contributed by atoms with van der Waals surface area (Å²) in [7, 11) is 2.04. The Balaban J connectivity index is 2.39. The van der Waals surface area contributed by atoms with Gasteiger partial charge < -0.3 is 15.1 Å². The summed E-state index contributed by atoms with van der Waals surface area (Å²) in [5.41, 5.74) is 1.25. The third kappa shape index (κ3) is 4.97. The van der Waals surface area contributed by atoms with Crippen molar-refractivity contribution in [3.63, 3.8) is 0 Å². The Hall–Kier alpha value is -2.52. The summed E-state index contributed by atoms with van der Waals surface area (Å²) >= 11 is 0. The number of likely N-dealkylation sites (tertiary alicyclic amines) is 1. The van der Waals surface area contributed by atoms with Gasteiger partial charge in [0.05, 0.1) is 12.1 Å². The molecule has 2 aliphatic rings. The van der Waals surface area contributed by atoms with Crippen molar-refractivity contribution < 1.29 is 19.8 Å². The number of carboxylic acid groups (broad SMARTS) is 2. The van der Waals surface area contributed by atoms with Gasteiger partial charge in [-0.05, 0) is 44.0 Å². The number of hydrogen-bond donors (Lipinski definition) is 2. The first-order valence-electron chi connectivity index (χ1n) is 8.48. The van der Waals surface area contributed by atoms with E-state index in [1.807, 2.05) is 26.2 Å². The normalized spacial score (nSPS) is 21.3. The summed E-state index contributed by atoms with van der Waals surface area (Å²) in [4.78, 5) is 26.5. The quantitative estimate of drug-likeness (QED) is 0.587. The molecule has 0 aromatic carbocycles. The first-order valence-corrected chi connectivity index (χ1v) is 8.48. The zero-order valence-corrected chi connectivity index (χ0v) is 14.7. The third-order valence-corrected chi connectivity index (χ3v) is 4.33. The maximum Gasteiger partial charge on any atom is 0.336 e. The van der Waals surface area contributed by atoms with Crippen LogP contribution in [0.5, 0.6) is 0 Å². The lowest BCUT2D eigenvalue weighted by atomic mass is 9.95. The van der Waals surface area contributed by atoms with Gasteiger partial charge >= 0.3 is 11.9 Å². The van der Waals surface area contributed by atoms with Crippen LogP contribution in [0.2, 0.25) is 0 Å². The van der Waals surface area contributed by atoms with Crippen LogP contribution in [-0.4, -0.2) is 58.1 Å². The second-order valence-electron chi connectivity index (χ2n) is 6.31. The molecule has 0 aromatic heterocycles. The lowest BCUT2D eigenvalue weighted by Gasteiger charge is -2.28. The molecule has 0 amide bonds. The number of rotatable bonds is 5. The highest BCUT2D eigenvalue weighted by atomic mass is 16.4. The molecule has 1 saturated heterocycles. The Kier molecular flexibility index (Phi) is 6.43. The molecule has 1 fully saturated rings. The fraction of sp³-hybridized carbons (Fsp3) is 0.474. The number of likely N-dealkylation sites (N-methyl/N-ethyl adjacent to an activating group) is 1. The molecule has 2 aliphatic heterocycles. The van der Waals surface area contributed by atoms with E-state index in [2.05, 4.69) is 16.9 Å². The summed E-state index contributed by atoms with van der Waals surface area (Å²) in [5.74, 6) is 0.557. The first-order chi connectivity index (χ1) is 11.9. The van der Waals surface area contributed by atoms with E-state index in [4.69, 9.17) is 5.11 Å². The molecule has 6 heteroatoms. The highest BCUT2D eigenvalue weighted by Crippen LogP contribution is 2.28. The van der Waals surface area contributed by atoms with Crippen LogP contribution >= 0.6 is 0 Å². The topological polar surface area (TPSA) is 81.1 Å². The zero-order valence-electron chi connectivity index (χ0n) is 14.7. The highest BCUT2D eigenvalue weighted by Gasteiger charge is 2.28. The minimum atomic E-state index is -1.27. The van der Waals surface area contributed by atoms with E-state index in [9.17, 15) is 14.7 Å². The van der Waals surface area contributed by atoms with E-state index in [0.29, 0.717) is 5.57 Å². The largest absolute Gasteiger partial charge is 0.478 e. The minimum absolute atomic E-state index is 0.193. The molecular formula is C19H24N2O4. The van der Waals surface area contributed by atoms with Crippen molar-refractivity contribution in [1.82, 2.24) is 9.80 Å². The summed E-state index contributed by atoms with van der Waals surface area (Å²) < 4.78 is 0. The fourth-order valence-corrected chi connectivity index (χ4v) is 3.14. The maximum atomic E-state index is 11.5. The molecule has 0 spiro atoms. The van der Waals surface area contributed by atoms with Gasteiger partial charge in [-0.15, -0.1) is 0 Å². The predicted molar refractivity (Wildman–Crippen MR) is 94.6 cm³/mol. The lowest BCUT2D eigenvalue weighted by Crippen LogP contribution is -2.31. The van der Waals surface area contributed by atoms with Crippen molar-refractivity contribution in [1.29, 1.82) is 0 Å². The summed E-state index contributed by atoms with van der Waals surface area (Å²) in [6, 6.07) is 3.25. The van der Waals surface area contributed by atoms with Gasteiger partial charge in [-0.25, -0.2) is 9.59 Å². The number of carbonyl (C=O) groups is 2. The molecule has 6 nitrogen and oxygen atoms in total. The fourth-order valence-electron chi connectivity index (χ4n) is 3.14. The van der Waals surface area contributed by atoms with Crippen molar-refractivity contribution in [3.8, 4) is 12.0 Å². The van der Waals surface area contributed by atoms with Crippen LogP contribution in [-0.2, 0) is 9.59 Å². The smallest absolute Gasteiger partial charge is 0.336 e. The number of unbranched alkanes of at least 4 members (excludes halogenated alkanes) is 1. The van der Waals surface area contributed by atoms with Gasteiger partial charge in [0.25, 0.3) is 0 Å². The SMILES string of the molecule is CCCC#CN1C=C(C2CCCN2C)C=C(/C(=C/C(=O)O)C(=O)O)C1. The van der Waals surface area contributed by atoms with Gasteiger partial charge in [-0.2, -0.15) is 0 Å². The Morgan fingerprint density at radius 3 is 2.72 bits per heavy atom. The predicted octanol–water partition coefficient (Wildman–Crippen LogP) is 2.06. The molecule has 25 heavy (non-hydrogen) atoms. The molecule has 0 aromatic rings. The van der Waals surface area contributed by atoms with Crippen LogP contribution in [0, 0.1) is 12.0 Å². The van der Waals surface area contributed by atoms with Crippen LogP contribution in [0.1, 0.15) is 32.6 Å². The summed E-state index contributed by atoms with van der Waals surface area (Å²) in [6.07, 6.45) is 8.32. The van der Waals surface area contributed by atoms with E-state index in [1.165, 1.54) is 0 Å². The van der Waals surface area contributed by atoms with Crippen molar-refractivity contribution in [2.75, 3.05) is 20.1 Å². The minimum Gasteiger partial charge on any atom is -0.478 e. The molecule has 1 unspecified atom stereocenters. The number of aliphatic carboxylic acids is 2. The van der Waals surface area contributed by atoms with Crippen molar-refractivity contribution in [2.45, 2.75) is 38.6 Å². The van der Waals surface area contributed by atoms with E-state index in [0.717, 1.165) is 43.9 Å². The lowest BCUT2D eigenvalue weighted by molar-refractivity contribution is -0.134. The Labute approximate surface area is 148 Å². The van der Waals surface area contributed by atoms with Crippen LogP contribution in [0.3, 0.4) is 0 Å². The van der Waals surface area contributed by atoms with Gasteiger partial charge in [0, 0.05) is 30.8 Å². The van der Waals surface area contributed by atoms with E-state index in [-0.39, 0.29) is 18.2 Å². The molecule has 1 atom stereocenters. The van der Waals surface area contributed by atoms with Crippen molar-refractivity contribution >= 4 is 11.9 Å². The average molecular weight is 344 g/mol. The molecule has 0 radical (unpaired) electrons. The monoisotopic (exact) mass is 344 g/mol. The molecule has 134 valence electrons. The number of hydrogen-bond acceptors (Lipinski definition) is 4. The number of nitrogens with zero attached hydrogens (tertiary/aromatic N) is 2. The van der Waals surface area contributed by atoms with Crippen LogP contribution in [0.4, 0.5) is 0 Å². The summed E-state index contributed by atoms with van der Waals surface area (Å²) in [5, 5.41) is 18.4. The van der Waals surface area contributed by atoms with Crippen LogP contribution in [0.15, 0.2) is 35.1 Å². The van der Waals surface area contributed by atoms with Crippen LogP contribution < -0.4 is 0 Å². The van der Waals surface area contributed by atoms with Crippen molar-refractivity contribution in [3.05, 3.63) is 35.1 Å². The average Bonchev–Trinajstić information content (AvgIpc) is 2.98. The van der Waals surface area contributed by atoms with Gasteiger partial charge in [0.2, 0.25) is 0 Å². The zero-order chi connectivity index (χ0) is 18.4. The van der Waals surface area contributed by atoms with E-state index in [1.54, 1.807) is 4.90 Å². The Bertz CT molecular complexity index is 694. The maximum absolute atomic E-state index is 11.5. The second kappa shape index (κ2) is 8.54. The first kappa shape index (κ1) is 18.8. The molecule has 0 bridgehead atoms. The second-order valence-corrected chi connectivity index (χ2v) is 6.31. The molecule has 0 saturated carbocycles. The van der Waals surface area contributed by atoms with Crippen molar-refractivity contribution in [2.24, 2.45) is 0 Å². The number of carboxylic acids is 2. The Morgan fingerprint density at radius 1 is 1.40 bits per heavy atom. The third-order valence-electron chi connectivity index (χ3n) is 4.33. The van der Waals surface area contributed by atoms with E-state index >= 15 is 0 Å². The van der Waals surface area contributed by atoms with Gasteiger partial charge in [0.1, 0.15) is 0 Å². The van der Waals surface area contributed by atoms with Gasteiger partial charge in [-0.3, -0.25) is 4.90 Å².